The average molecular weight is 286 g/mol. The molecule has 0 aliphatic heterocycles. The minimum Gasteiger partial charge on any atom is -0.449 e. The summed E-state index contributed by atoms with van der Waals surface area (Å²) in [5.41, 5.74) is -0.279. The van der Waals surface area contributed by atoms with E-state index in [-0.39, 0.29) is 22.5 Å². The normalized spacial score (nSPS) is 15.7. The lowest BCUT2D eigenvalue weighted by Gasteiger charge is -2.13. The summed E-state index contributed by atoms with van der Waals surface area (Å²) in [7, 11) is 0. The van der Waals surface area contributed by atoms with E-state index < -0.39 is 17.9 Å². The molecular formula is C13H13ClFNO3. The van der Waals surface area contributed by atoms with Crippen LogP contribution in [0.2, 0.25) is 5.02 Å². The number of hydrogen-bond acceptors (Lipinski definition) is 3. The summed E-state index contributed by atoms with van der Waals surface area (Å²) in [4.78, 5) is 23.3. The van der Waals surface area contributed by atoms with E-state index in [1.807, 2.05) is 0 Å². The van der Waals surface area contributed by atoms with Gasteiger partial charge in [-0.05, 0) is 38.0 Å². The average Bonchev–Trinajstić information content (AvgIpc) is 3.15. The fourth-order valence-electron chi connectivity index (χ4n) is 1.48. The number of nitrogens with one attached hydrogen (secondary N) is 1. The van der Waals surface area contributed by atoms with E-state index in [9.17, 15) is 14.0 Å². The fourth-order valence-corrected chi connectivity index (χ4v) is 1.65. The monoisotopic (exact) mass is 285 g/mol. The van der Waals surface area contributed by atoms with Crippen LogP contribution < -0.4 is 5.32 Å². The van der Waals surface area contributed by atoms with E-state index in [0.29, 0.717) is 0 Å². The van der Waals surface area contributed by atoms with Crippen LogP contribution in [0.3, 0.4) is 0 Å². The lowest BCUT2D eigenvalue weighted by atomic mass is 10.2. The SMILES string of the molecule is C[C@@H](OC(=O)c1cc(Cl)ccc1F)C(=O)NC1CC1. The summed E-state index contributed by atoms with van der Waals surface area (Å²) < 4.78 is 18.3. The number of amides is 1. The molecule has 19 heavy (non-hydrogen) atoms. The van der Waals surface area contributed by atoms with Gasteiger partial charge in [0, 0.05) is 11.1 Å². The van der Waals surface area contributed by atoms with Crippen molar-refractivity contribution in [1.82, 2.24) is 5.32 Å². The Labute approximate surface area is 114 Å². The molecule has 0 unspecified atom stereocenters. The molecule has 0 heterocycles. The molecule has 0 aromatic heterocycles. The third-order valence-electron chi connectivity index (χ3n) is 2.73. The van der Waals surface area contributed by atoms with Crippen LogP contribution in [-0.2, 0) is 9.53 Å². The molecule has 0 spiro atoms. The van der Waals surface area contributed by atoms with Gasteiger partial charge in [-0.25, -0.2) is 9.18 Å². The van der Waals surface area contributed by atoms with Gasteiger partial charge < -0.3 is 10.1 Å². The molecule has 1 aromatic rings. The quantitative estimate of drug-likeness (QED) is 0.864. The maximum atomic E-state index is 13.4. The second kappa shape index (κ2) is 5.57. The fraction of sp³-hybridized carbons (Fsp3) is 0.385. The molecule has 0 saturated heterocycles. The van der Waals surface area contributed by atoms with Crippen molar-refractivity contribution < 1.29 is 18.7 Å². The van der Waals surface area contributed by atoms with Crippen molar-refractivity contribution in [3.8, 4) is 0 Å². The summed E-state index contributed by atoms with van der Waals surface area (Å²) in [6, 6.07) is 3.76. The molecule has 2 rings (SSSR count). The Hall–Kier alpha value is -1.62. The molecule has 1 aromatic carbocycles. The molecule has 1 aliphatic rings. The van der Waals surface area contributed by atoms with E-state index in [0.717, 1.165) is 18.9 Å². The van der Waals surface area contributed by atoms with E-state index in [4.69, 9.17) is 16.3 Å². The van der Waals surface area contributed by atoms with Gasteiger partial charge in [-0.15, -0.1) is 0 Å². The van der Waals surface area contributed by atoms with Crippen LogP contribution in [0.15, 0.2) is 18.2 Å². The van der Waals surface area contributed by atoms with Crippen LogP contribution in [0, 0.1) is 5.82 Å². The Morgan fingerprint density at radius 1 is 1.47 bits per heavy atom. The second-order valence-electron chi connectivity index (χ2n) is 4.45. The number of benzene rings is 1. The van der Waals surface area contributed by atoms with Gasteiger partial charge in [0.2, 0.25) is 0 Å². The number of rotatable bonds is 4. The Bertz CT molecular complexity index is 517. The molecule has 1 saturated carbocycles. The highest BCUT2D eigenvalue weighted by atomic mass is 35.5. The largest absolute Gasteiger partial charge is 0.449 e. The zero-order valence-corrected chi connectivity index (χ0v) is 11.0. The minimum absolute atomic E-state index is 0.177. The van der Waals surface area contributed by atoms with E-state index in [2.05, 4.69) is 5.32 Å². The molecule has 1 amide bonds. The van der Waals surface area contributed by atoms with Gasteiger partial charge in [0.1, 0.15) is 5.82 Å². The van der Waals surface area contributed by atoms with Gasteiger partial charge in [-0.3, -0.25) is 4.79 Å². The van der Waals surface area contributed by atoms with Crippen molar-refractivity contribution in [3.63, 3.8) is 0 Å². The van der Waals surface area contributed by atoms with Crippen LogP contribution in [0.5, 0.6) is 0 Å². The first-order valence-corrected chi connectivity index (χ1v) is 6.31. The Morgan fingerprint density at radius 2 is 2.16 bits per heavy atom. The molecule has 1 aliphatic carbocycles. The van der Waals surface area contributed by atoms with Crippen molar-refractivity contribution in [2.24, 2.45) is 0 Å². The molecule has 1 N–H and O–H groups in total. The minimum atomic E-state index is -0.966. The first-order chi connectivity index (χ1) is 8.97. The first-order valence-electron chi connectivity index (χ1n) is 5.94. The van der Waals surface area contributed by atoms with Crippen molar-refractivity contribution >= 4 is 23.5 Å². The maximum absolute atomic E-state index is 13.4. The zero-order chi connectivity index (χ0) is 14.0. The standard InChI is InChI=1S/C13H13ClFNO3/c1-7(12(17)16-9-3-4-9)19-13(18)10-6-8(14)2-5-11(10)15/h2,5-7,9H,3-4H2,1H3,(H,16,17)/t7-/m1/s1. The molecule has 6 heteroatoms. The van der Waals surface area contributed by atoms with Gasteiger partial charge in [0.25, 0.3) is 5.91 Å². The van der Waals surface area contributed by atoms with Crippen LogP contribution in [0.25, 0.3) is 0 Å². The maximum Gasteiger partial charge on any atom is 0.341 e. The third kappa shape index (κ3) is 3.67. The molecule has 102 valence electrons. The highest BCUT2D eigenvalue weighted by Crippen LogP contribution is 2.19. The van der Waals surface area contributed by atoms with E-state index in [1.54, 1.807) is 0 Å². The van der Waals surface area contributed by atoms with Crippen LogP contribution >= 0.6 is 11.6 Å². The van der Waals surface area contributed by atoms with E-state index >= 15 is 0 Å². The lowest BCUT2D eigenvalue weighted by molar-refractivity contribution is -0.129. The molecule has 0 radical (unpaired) electrons. The van der Waals surface area contributed by atoms with E-state index in [1.165, 1.54) is 19.1 Å². The number of halogens is 2. The molecule has 1 atom stereocenters. The predicted octanol–water partition coefficient (Wildman–Crippen LogP) is 2.30. The van der Waals surface area contributed by atoms with Crippen LogP contribution in [-0.4, -0.2) is 24.0 Å². The number of carbonyl (C=O) groups excluding carboxylic acids is 2. The van der Waals surface area contributed by atoms with Crippen molar-refractivity contribution in [2.45, 2.75) is 31.9 Å². The van der Waals surface area contributed by atoms with Gasteiger partial charge in [-0.1, -0.05) is 11.6 Å². The zero-order valence-electron chi connectivity index (χ0n) is 10.3. The van der Waals surface area contributed by atoms with Crippen molar-refractivity contribution in [3.05, 3.63) is 34.6 Å². The number of hydrogen-bond donors (Lipinski definition) is 1. The lowest BCUT2D eigenvalue weighted by Crippen LogP contribution is -2.37. The highest BCUT2D eigenvalue weighted by molar-refractivity contribution is 6.30. The molecule has 0 bridgehead atoms. The summed E-state index contributed by atoms with van der Waals surface area (Å²) in [5, 5.41) is 2.93. The number of ether oxygens (including phenoxy) is 1. The molecule has 4 nitrogen and oxygen atoms in total. The first kappa shape index (κ1) is 13.8. The van der Waals surface area contributed by atoms with Gasteiger partial charge in [0.05, 0.1) is 5.56 Å². The second-order valence-corrected chi connectivity index (χ2v) is 4.89. The molecular weight excluding hydrogens is 273 g/mol. The molecule has 1 fully saturated rings. The van der Waals surface area contributed by atoms with Gasteiger partial charge >= 0.3 is 5.97 Å². The van der Waals surface area contributed by atoms with Gasteiger partial charge in [-0.2, -0.15) is 0 Å². The number of esters is 1. The van der Waals surface area contributed by atoms with Crippen molar-refractivity contribution in [1.29, 1.82) is 0 Å². The van der Waals surface area contributed by atoms with Crippen molar-refractivity contribution in [2.75, 3.05) is 0 Å². The topological polar surface area (TPSA) is 55.4 Å². The Morgan fingerprint density at radius 3 is 2.79 bits per heavy atom. The Kier molecular flexibility index (Phi) is 4.04. The van der Waals surface area contributed by atoms with Crippen LogP contribution in [0.1, 0.15) is 30.1 Å². The third-order valence-corrected chi connectivity index (χ3v) is 2.96. The predicted molar refractivity (Wildman–Crippen MR) is 67.5 cm³/mol. The summed E-state index contributed by atoms with van der Waals surface area (Å²) in [6.45, 7) is 1.44. The summed E-state index contributed by atoms with van der Waals surface area (Å²) in [5.74, 6) is -2.01. The summed E-state index contributed by atoms with van der Waals surface area (Å²) >= 11 is 5.68. The summed E-state index contributed by atoms with van der Waals surface area (Å²) in [6.07, 6.45) is 0.913. The van der Waals surface area contributed by atoms with Crippen LogP contribution in [0.4, 0.5) is 4.39 Å². The Balaban J connectivity index is 1.99. The smallest absolute Gasteiger partial charge is 0.341 e. The highest BCUT2D eigenvalue weighted by Gasteiger charge is 2.27. The number of carbonyl (C=O) groups is 2. The van der Waals surface area contributed by atoms with Gasteiger partial charge in [0.15, 0.2) is 6.10 Å².